The van der Waals surface area contributed by atoms with Gasteiger partial charge in [-0.3, -0.25) is 4.98 Å². The third kappa shape index (κ3) is 0.960. The molecular formula is C12H7N3. The van der Waals surface area contributed by atoms with Gasteiger partial charge in [0.15, 0.2) is 0 Å². The first-order valence-corrected chi connectivity index (χ1v) is 4.64. The van der Waals surface area contributed by atoms with Crippen LogP contribution in [0.3, 0.4) is 0 Å². The number of pyridine rings is 2. The van der Waals surface area contributed by atoms with E-state index in [4.69, 9.17) is 5.26 Å². The van der Waals surface area contributed by atoms with Crippen molar-refractivity contribution in [2.45, 2.75) is 0 Å². The summed E-state index contributed by atoms with van der Waals surface area (Å²) in [6.07, 6.45) is 5.38. The van der Waals surface area contributed by atoms with Gasteiger partial charge in [0.05, 0.1) is 5.52 Å². The van der Waals surface area contributed by atoms with Crippen molar-refractivity contribution >= 4 is 16.3 Å². The predicted octanol–water partition coefficient (Wildman–Crippen LogP) is 2.36. The second kappa shape index (κ2) is 2.82. The lowest BCUT2D eigenvalue weighted by Gasteiger charge is -1.93. The summed E-state index contributed by atoms with van der Waals surface area (Å²) in [5, 5.41) is 11.1. The van der Waals surface area contributed by atoms with Crippen molar-refractivity contribution in [3.05, 3.63) is 48.5 Å². The molecule has 0 saturated carbocycles. The molecule has 3 nitrogen and oxygen atoms in total. The maximum absolute atomic E-state index is 9.12. The lowest BCUT2D eigenvalue weighted by atomic mass is 10.2. The molecule has 0 unspecified atom stereocenters. The van der Waals surface area contributed by atoms with Crippen LogP contribution in [0.5, 0.6) is 0 Å². The van der Waals surface area contributed by atoms with Gasteiger partial charge in [-0.1, -0.05) is 6.07 Å². The van der Waals surface area contributed by atoms with Crippen LogP contribution in [0.4, 0.5) is 0 Å². The summed E-state index contributed by atoms with van der Waals surface area (Å²) in [6.45, 7) is 0. The normalized spacial score (nSPS) is 10.6. The van der Waals surface area contributed by atoms with E-state index in [1.165, 1.54) is 0 Å². The van der Waals surface area contributed by atoms with E-state index in [2.05, 4.69) is 11.1 Å². The summed E-state index contributed by atoms with van der Waals surface area (Å²) in [5.74, 6) is 0. The molecular weight excluding hydrogens is 186 g/mol. The van der Waals surface area contributed by atoms with Gasteiger partial charge in [0.25, 0.3) is 0 Å². The summed E-state index contributed by atoms with van der Waals surface area (Å²) < 4.78 is 1.90. The van der Waals surface area contributed by atoms with Crippen LogP contribution < -0.4 is 0 Å². The molecule has 0 fully saturated rings. The van der Waals surface area contributed by atoms with Crippen LogP contribution in [-0.2, 0) is 0 Å². The molecule has 0 amide bonds. The van der Waals surface area contributed by atoms with Gasteiger partial charge in [-0.25, -0.2) is 0 Å². The Morgan fingerprint density at radius 1 is 1.20 bits per heavy atom. The number of aromatic nitrogens is 2. The van der Waals surface area contributed by atoms with Gasteiger partial charge in [-0.2, -0.15) is 5.26 Å². The molecule has 3 heteroatoms. The molecule has 0 spiro atoms. The molecule has 0 saturated heterocycles. The minimum absolute atomic E-state index is 0.647. The van der Waals surface area contributed by atoms with Gasteiger partial charge in [-0.05, 0) is 18.2 Å². The van der Waals surface area contributed by atoms with Crippen LogP contribution in [-0.4, -0.2) is 9.38 Å². The molecule has 3 rings (SSSR count). The smallest absolute Gasteiger partial charge is 0.134 e. The highest BCUT2D eigenvalue weighted by Gasteiger charge is 2.09. The molecule has 3 aromatic heterocycles. The maximum Gasteiger partial charge on any atom is 0.134 e. The number of hydrogen-bond acceptors (Lipinski definition) is 2. The highest BCUT2D eigenvalue weighted by molar-refractivity contribution is 6.00. The number of fused-ring (bicyclic) bond motifs is 3. The zero-order chi connectivity index (χ0) is 10.3. The van der Waals surface area contributed by atoms with Crippen LogP contribution in [0.2, 0.25) is 0 Å². The largest absolute Gasteiger partial charge is 0.307 e. The average molecular weight is 193 g/mol. The highest BCUT2D eigenvalue weighted by Crippen LogP contribution is 2.24. The number of nitriles is 1. The van der Waals surface area contributed by atoms with Crippen molar-refractivity contribution < 1.29 is 0 Å². The van der Waals surface area contributed by atoms with Crippen LogP contribution in [0.25, 0.3) is 16.3 Å². The summed E-state index contributed by atoms with van der Waals surface area (Å²) in [5.41, 5.74) is 1.69. The molecule has 0 bridgehead atoms. The molecule has 15 heavy (non-hydrogen) atoms. The first kappa shape index (κ1) is 8.01. The number of nitrogens with zero attached hydrogens (tertiary/aromatic N) is 3. The monoisotopic (exact) mass is 193 g/mol. The van der Waals surface area contributed by atoms with Gasteiger partial charge < -0.3 is 4.40 Å². The van der Waals surface area contributed by atoms with Crippen LogP contribution >= 0.6 is 0 Å². The van der Waals surface area contributed by atoms with Crippen molar-refractivity contribution in [1.82, 2.24) is 9.38 Å². The van der Waals surface area contributed by atoms with E-state index in [1.807, 2.05) is 34.9 Å². The number of hydrogen-bond donors (Lipinski definition) is 0. The van der Waals surface area contributed by atoms with Crippen molar-refractivity contribution in [2.75, 3.05) is 0 Å². The Hall–Kier alpha value is -2.34. The standard InChI is InChI=1S/C12H7N3/c13-7-12-10-8-14-5-4-9(10)11-3-1-2-6-15(11)12/h1-6,8H. The Morgan fingerprint density at radius 3 is 3.00 bits per heavy atom. The highest BCUT2D eigenvalue weighted by atomic mass is 14.9. The Kier molecular flexibility index (Phi) is 1.51. The second-order valence-corrected chi connectivity index (χ2v) is 3.34. The SMILES string of the molecule is N#Cc1c2cnccc2c2ccccn12. The van der Waals surface area contributed by atoms with Gasteiger partial charge >= 0.3 is 0 Å². The van der Waals surface area contributed by atoms with Gasteiger partial charge in [-0.15, -0.1) is 0 Å². The molecule has 0 atom stereocenters. The lowest BCUT2D eigenvalue weighted by molar-refractivity contribution is 1.17. The van der Waals surface area contributed by atoms with E-state index >= 15 is 0 Å². The average Bonchev–Trinajstić information content (AvgIpc) is 2.63. The zero-order valence-electron chi connectivity index (χ0n) is 7.88. The van der Waals surface area contributed by atoms with E-state index in [-0.39, 0.29) is 0 Å². The second-order valence-electron chi connectivity index (χ2n) is 3.34. The number of rotatable bonds is 0. The first-order valence-electron chi connectivity index (χ1n) is 4.64. The maximum atomic E-state index is 9.12. The summed E-state index contributed by atoms with van der Waals surface area (Å²) in [6, 6.07) is 10.0. The van der Waals surface area contributed by atoms with Crippen molar-refractivity contribution in [2.24, 2.45) is 0 Å². The Morgan fingerprint density at radius 2 is 2.13 bits per heavy atom. The minimum Gasteiger partial charge on any atom is -0.307 e. The summed E-state index contributed by atoms with van der Waals surface area (Å²) in [7, 11) is 0. The van der Waals surface area contributed by atoms with Crippen LogP contribution in [0, 0.1) is 11.3 Å². The molecule has 3 aromatic rings. The minimum atomic E-state index is 0.647. The van der Waals surface area contributed by atoms with Crippen LogP contribution in [0.15, 0.2) is 42.9 Å². The van der Waals surface area contributed by atoms with E-state index in [9.17, 15) is 0 Å². The fourth-order valence-electron chi connectivity index (χ4n) is 1.91. The quantitative estimate of drug-likeness (QED) is 0.550. The Balaban J connectivity index is 2.70. The molecule has 0 N–H and O–H groups in total. The fourth-order valence-corrected chi connectivity index (χ4v) is 1.91. The van der Waals surface area contributed by atoms with Gasteiger partial charge in [0.1, 0.15) is 11.8 Å². The van der Waals surface area contributed by atoms with Gasteiger partial charge in [0.2, 0.25) is 0 Å². The van der Waals surface area contributed by atoms with Crippen LogP contribution in [0.1, 0.15) is 5.69 Å². The Labute approximate surface area is 86.2 Å². The van der Waals surface area contributed by atoms with Crippen molar-refractivity contribution in [3.63, 3.8) is 0 Å². The third-order valence-corrected chi connectivity index (χ3v) is 2.56. The molecule has 3 heterocycles. The molecule has 0 aliphatic heterocycles. The van der Waals surface area contributed by atoms with E-state index < -0.39 is 0 Å². The topological polar surface area (TPSA) is 41.1 Å². The van der Waals surface area contributed by atoms with Gasteiger partial charge in [0, 0.05) is 29.4 Å². The van der Waals surface area contributed by atoms with Crippen molar-refractivity contribution in [3.8, 4) is 6.07 Å². The van der Waals surface area contributed by atoms with E-state index in [0.29, 0.717) is 5.69 Å². The van der Waals surface area contributed by atoms with Crippen molar-refractivity contribution in [1.29, 1.82) is 5.26 Å². The molecule has 0 aromatic carbocycles. The van der Waals surface area contributed by atoms with E-state index in [1.54, 1.807) is 12.4 Å². The predicted molar refractivity (Wildman–Crippen MR) is 57.4 cm³/mol. The molecule has 0 radical (unpaired) electrons. The lowest BCUT2D eigenvalue weighted by Crippen LogP contribution is -1.85. The molecule has 0 aliphatic rings. The molecule has 70 valence electrons. The Bertz CT molecular complexity index is 635. The summed E-state index contributed by atoms with van der Waals surface area (Å²) >= 11 is 0. The molecule has 0 aliphatic carbocycles. The van der Waals surface area contributed by atoms with E-state index in [0.717, 1.165) is 16.3 Å². The first-order chi connectivity index (χ1) is 7.42. The summed E-state index contributed by atoms with van der Waals surface area (Å²) in [4.78, 5) is 4.05. The third-order valence-electron chi connectivity index (χ3n) is 2.56. The zero-order valence-corrected chi connectivity index (χ0v) is 7.88. The fraction of sp³-hybridized carbons (Fsp3) is 0.